The molecule has 1 aliphatic rings. The molecule has 154 valence electrons. The SMILES string of the molecule is O=C(NC(Cc1ccccc1)C(=O)Nc1cccc2c1OC(F)(F)O2)c1cccs1. The van der Waals surface area contributed by atoms with Crippen molar-refractivity contribution in [3.8, 4) is 11.5 Å². The van der Waals surface area contributed by atoms with Crippen molar-refractivity contribution in [2.75, 3.05) is 5.32 Å². The largest absolute Gasteiger partial charge is 0.586 e. The van der Waals surface area contributed by atoms with Crippen molar-refractivity contribution in [3.05, 3.63) is 76.5 Å². The van der Waals surface area contributed by atoms with Gasteiger partial charge in [-0.1, -0.05) is 42.5 Å². The van der Waals surface area contributed by atoms with Crippen LogP contribution in [0.1, 0.15) is 15.2 Å². The monoisotopic (exact) mass is 430 g/mol. The Labute approximate surface area is 174 Å². The van der Waals surface area contributed by atoms with Crippen LogP contribution in [0.15, 0.2) is 66.0 Å². The summed E-state index contributed by atoms with van der Waals surface area (Å²) in [6.07, 6.45) is -3.59. The third kappa shape index (κ3) is 4.41. The zero-order valence-electron chi connectivity index (χ0n) is 15.4. The van der Waals surface area contributed by atoms with Gasteiger partial charge in [0.05, 0.1) is 10.6 Å². The lowest BCUT2D eigenvalue weighted by Crippen LogP contribution is -2.45. The second-order valence-corrected chi connectivity index (χ2v) is 7.43. The molecule has 2 N–H and O–H groups in total. The molecule has 1 aromatic heterocycles. The molecule has 0 fully saturated rings. The number of fused-ring (bicyclic) bond motifs is 1. The van der Waals surface area contributed by atoms with E-state index in [9.17, 15) is 18.4 Å². The van der Waals surface area contributed by atoms with Crippen molar-refractivity contribution in [3.63, 3.8) is 0 Å². The summed E-state index contributed by atoms with van der Waals surface area (Å²) in [6, 6.07) is 15.8. The number of amides is 2. The summed E-state index contributed by atoms with van der Waals surface area (Å²) in [7, 11) is 0. The lowest BCUT2D eigenvalue weighted by molar-refractivity contribution is -0.286. The number of ether oxygens (including phenoxy) is 2. The van der Waals surface area contributed by atoms with Crippen LogP contribution in [0.4, 0.5) is 14.5 Å². The van der Waals surface area contributed by atoms with E-state index in [1.807, 2.05) is 30.3 Å². The highest BCUT2D eigenvalue weighted by Crippen LogP contribution is 2.45. The third-order valence-corrected chi connectivity index (χ3v) is 5.20. The van der Waals surface area contributed by atoms with Crippen molar-refractivity contribution in [1.29, 1.82) is 0 Å². The fourth-order valence-corrected chi connectivity index (χ4v) is 3.61. The summed E-state index contributed by atoms with van der Waals surface area (Å²) in [5, 5.41) is 7.03. The zero-order valence-corrected chi connectivity index (χ0v) is 16.2. The first-order valence-corrected chi connectivity index (χ1v) is 9.87. The molecule has 0 aliphatic carbocycles. The number of carbonyl (C=O) groups excluding carboxylic acids is 2. The number of hydrogen-bond acceptors (Lipinski definition) is 5. The molecule has 0 saturated heterocycles. The van der Waals surface area contributed by atoms with E-state index in [0.717, 1.165) is 5.56 Å². The number of hydrogen-bond donors (Lipinski definition) is 2. The Kier molecular flexibility index (Phi) is 5.37. The Bertz CT molecular complexity index is 1060. The predicted molar refractivity (Wildman–Crippen MR) is 107 cm³/mol. The predicted octanol–water partition coefficient (Wildman–Crippen LogP) is 4.05. The van der Waals surface area contributed by atoms with E-state index in [0.29, 0.717) is 4.88 Å². The maximum atomic E-state index is 13.4. The van der Waals surface area contributed by atoms with Crippen LogP contribution < -0.4 is 20.1 Å². The summed E-state index contributed by atoms with van der Waals surface area (Å²) in [6.45, 7) is 0. The van der Waals surface area contributed by atoms with Crippen LogP contribution in [-0.4, -0.2) is 24.2 Å². The molecule has 0 radical (unpaired) electrons. The molecule has 1 atom stereocenters. The van der Waals surface area contributed by atoms with Gasteiger partial charge < -0.3 is 20.1 Å². The first-order valence-electron chi connectivity index (χ1n) is 8.99. The van der Waals surface area contributed by atoms with Crippen molar-refractivity contribution >= 4 is 28.8 Å². The van der Waals surface area contributed by atoms with Crippen LogP contribution >= 0.6 is 11.3 Å². The van der Waals surface area contributed by atoms with E-state index in [4.69, 9.17) is 0 Å². The van der Waals surface area contributed by atoms with E-state index in [1.165, 1.54) is 29.5 Å². The van der Waals surface area contributed by atoms with Gasteiger partial charge in [0.25, 0.3) is 5.91 Å². The van der Waals surface area contributed by atoms with Crippen LogP contribution in [0.2, 0.25) is 0 Å². The molecule has 4 rings (SSSR count). The van der Waals surface area contributed by atoms with E-state index in [2.05, 4.69) is 20.1 Å². The van der Waals surface area contributed by atoms with Crippen LogP contribution in [0.25, 0.3) is 0 Å². The topological polar surface area (TPSA) is 76.7 Å². The molecule has 6 nitrogen and oxygen atoms in total. The minimum atomic E-state index is -3.81. The Balaban J connectivity index is 1.55. The summed E-state index contributed by atoms with van der Waals surface area (Å²) < 4.78 is 35.8. The number of halogens is 2. The van der Waals surface area contributed by atoms with E-state index in [1.54, 1.807) is 17.5 Å². The molecule has 1 unspecified atom stereocenters. The van der Waals surface area contributed by atoms with Gasteiger partial charge in [0.15, 0.2) is 11.5 Å². The van der Waals surface area contributed by atoms with Crippen molar-refractivity contribution < 1.29 is 27.8 Å². The van der Waals surface area contributed by atoms with Gasteiger partial charge in [-0.3, -0.25) is 9.59 Å². The fraction of sp³-hybridized carbons (Fsp3) is 0.143. The lowest BCUT2D eigenvalue weighted by atomic mass is 10.0. The number of rotatable bonds is 6. The third-order valence-electron chi connectivity index (χ3n) is 4.34. The van der Waals surface area contributed by atoms with E-state index in [-0.39, 0.29) is 23.6 Å². The average molecular weight is 430 g/mol. The van der Waals surface area contributed by atoms with Crippen molar-refractivity contribution in [1.82, 2.24) is 5.32 Å². The molecular formula is C21H16F2N2O4S. The molecule has 2 aromatic carbocycles. The number of thiophene rings is 1. The second kappa shape index (κ2) is 8.11. The number of para-hydroxylation sites is 1. The Morgan fingerprint density at radius 2 is 1.80 bits per heavy atom. The van der Waals surface area contributed by atoms with Crippen molar-refractivity contribution in [2.24, 2.45) is 0 Å². The maximum absolute atomic E-state index is 13.4. The minimum absolute atomic E-state index is 0.0260. The lowest BCUT2D eigenvalue weighted by Gasteiger charge is -2.19. The van der Waals surface area contributed by atoms with Crippen LogP contribution in [0, 0.1) is 0 Å². The van der Waals surface area contributed by atoms with Gasteiger partial charge in [-0.25, -0.2) is 0 Å². The molecule has 1 aliphatic heterocycles. The maximum Gasteiger partial charge on any atom is 0.586 e. The molecule has 2 amide bonds. The van der Waals surface area contributed by atoms with Gasteiger partial charge in [0.1, 0.15) is 6.04 Å². The first kappa shape index (κ1) is 19.8. The van der Waals surface area contributed by atoms with Gasteiger partial charge in [-0.05, 0) is 29.1 Å². The number of anilines is 1. The zero-order chi connectivity index (χ0) is 21.1. The molecule has 0 spiro atoms. The fourth-order valence-electron chi connectivity index (χ4n) is 2.98. The Hall–Kier alpha value is -3.46. The van der Waals surface area contributed by atoms with Gasteiger partial charge in [-0.15, -0.1) is 20.1 Å². The molecule has 30 heavy (non-hydrogen) atoms. The first-order chi connectivity index (χ1) is 14.4. The number of benzene rings is 2. The Morgan fingerprint density at radius 1 is 1.00 bits per heavy atom. The quantitative estimate of drug-likeness (QED) is 0.619. The Morgan fingerprint density at radius 3 is 2.53 bits per heavy atom. The van der Waals surface area contributed by atoms with Crippen LogP contribution in [-0.2, 0) is 11.2 Å². The standard InChI is InChI=1S/C21H16F2N2O4S/c22-21(23)28-16-9-4-8-14(18(16)29-21)24-19(26)15(12-13-6-2-1-3-7-13)25-20(27)17-10-5-11-30-17/h1-11,15H,12H2,(H,24,26)(H,25,27). The van der Waals surface area contributed by atoms with E-state index >= 15 is 0 Å². The summed E-state index contributed by atoms with van der Waals surface area (Å²) in [4.78, 5) is 25.9. The highest BCUT2D eigenvalue weighted by Gasteiger charge is 2.44. The minimum Gasteiger partial charge on any atom is -0.395 e. The molecule has 9 heteroatoms. The molecule has 2 heterocycles. The number of alkyl halides is 2. The summed E-state index contributed by atoms with van der Waals surface area (Å²) in [5.41, 5.74) is 0.853. The molecule has 3 aromatic rings. The van der Waals surface area contributed by atoms with Crippen molar-refractivity contribution in [2.45, 2.75) is 18.8 Å². The highest BCUT2D eigenvalue weighted by atomic mass is 32.1. The van der Waals surface area contributed by atoms with Crippen LogP contribution in [0.5, 0.6) is 11.5 Å². The molecule has 0 bridgehead atoms. The molecule has 0 saturated carbocycles. The summed E-state index contributed by atoms with van der Waals surface area (Å²) in [5.74, 6) is -1.42. The highest BCUT2D eigenvalue weighted by molar-refractivity contribution is 7.12. The second-order valence-electron chi connectivity index (χ2n) is 6.48. The van der Waals surface area contributed by atoms with Gasteiger partial charge in [0, 0.05) is 6.42 Å². The molecular weight excluding hydrogens is 414 g/mol. The van der Waals surface area contributed by atoms with Gasteiger partial charge in [0.2, 0.25) is 5.91 Å². The number of nitrogens with one attached hydrogen (secondary N) is 2. The van der Waals surface area contributed by atoms with Gasteiger partial charge >= 0.3 is 6.29 Å². The normalized spacial score (nSPS) is 14.7. The van der Waals surface area contributed by atoms with E-state index < -0.39 is 24.2 Å². The smallest absolute Gasteiger partial charge is 0.395 e. The summed E-state index contributed by atoms with van der Waals surface area (Å²) >= 11 is 1.25. The number of carbonyl (C=O) groups is 2. The van der Waals surface area contributed by atoms with Crippen LogP contribution in [0.3, 0.4) is 0 Å². The average Bonchev–Trinajstić information content (AvgIpc) is 3.35. The van der Waals surface area contributed by atoms with Gasteiger partial charge in [-0.2, -0.15) is 0 Å².